The number of allylic oxidation sites excluding steroid dienone is 1. The lowest BCUT2D eigenvalue weighted by atomic mass is 10.0. The molecule has 1 heterocycles. The molecule has 7 nitrogen and oxygen atoms in total. The van der Waals surface area contributed by atoms with E-state index in [0.717, 1.165) is 5.56 Å². The quantitative estimate of drug-likeness (QED) is 0.345. The van der Waals surface area contributed by atoms with E-state index in [1.54, 1.807) is 54.3 Å². The maximum absolute atomic E-state index is 13.5. The summed E-state index contributed by atoms with van der Waals surface area (Å²) in [6, 6.07) is 25.5. The van der Waals surface area contributed by atoms with Crippen molar-refractivity contribution in [3.63, 3.8) is 0 Å². The molecule has 0 saturated carbocycles. The van der Waals surface area contributed by atoms with E-state index in [2.05, 4.69) is 5.32 Å². The molecule has 0 saturated heterocycles. The summed E-state index contributed by atoms with van der Waals surface area (Å²) < 4.78 is 10.6. The number of methoxy groups -OCH3 is 1. The Morgan fingerprint density at radius 3 is 2.19 bits per heavy atom. The van der Waals surface area contributed by atoms with Crippen LogP contribution in [0.3, 0.4) is 0 Å². The predicted octanol–water partition coefficient (Wildman–Crippen LogP) is 5.14. The Morgan fingerprint density at radius 1 is 0.946 bits per heavy atom. The highest BCUT2D eigenvalue weighted by molar-refractivity contribution is 6.16. The van der Waals surface area contributed by atoms with Crippen LogP contribution in [0.1, 0.15) is 31.0 Å². The summed E-state index contributed by atoms with van der Waals surface area (Å²) in [7, 11) is 1.30. The van der Waals surface area contributed by atoms with Gasteiger partial charge in [0.25, 0.3) is 11.8 Å². The van der Waals surface area contributed by atoms with Gasteiger partial charge in [0.2, 0.25) is 0 Å². The van der Waals surface area contributed by atoms with Crippen molar-refractivity contribution in [2.45, 2.75) is 19.9 Å². The molecule has 3 aromatic carbocycles. The van der Waals surface area contributed by atoms with Gasteiger partial charge >= 0.3 is 5.97 Å². The standard InChI is InChI=1S/C30H28N2O5/c1-20(23-10-6-4-7-11-23)32-21(2)28(30(35)36-3)26(29(32)34)18-22-14-16-25(17-15-22)37-19-27(33)31-24-12-8-5-9-13-24/h4-18,20H,19H2,1-3H3,(H,31,33)/b26-18-/t20-/m0/s1. The molecule has 0 spiro atoms. The molecule has 1 N–H and O–H groups in total. The molecule has 188 valence electrons. The van der Waals surface area contributed by atoms with Crippen molar-refractivity contribution in [2.24, 2.45) is 0 Å². The summed E-state index contributed by atoms with van der Waals surface area (Å²) >= 11 is 0. The van der Waals surface area contributed by atoms with Crippen LogP contribution in [-0.4, -0.2) is 36.4 Å². The molecule has 2 amide bonds. The van der Waals surface area contributed by atoms with Crippen molar-refractivity contribution in [2.75, 3.05) is 19.0 Å². The van der Waals surface area contributed by atoms with E-state index in [-0.39, 0.29) is 35.6 Å². The lowest BCUT2D eigenvalue weighted by Crippen LogP contribution is -2.28. The molecule has 4 rings (SSSR count). The highest BCUT2D eigenvalue weighted by atomic mass is 16.5. The molecule has 0 aromatic heterocycles. The SMILES string of the molecule is COC(=O)C1=C(C)N([C@@H](C)c2ccccc2)C(=O)/C1=C\c1ccc(OCC(=O)Nc2ccccc2)cc1. The molecule has 1 aliphatic heterocycles. The maximum Gasteiger partial charge on any atom is 0.340 e. The van der Waals surface area contributed by atoms with Crippen LogP contribution in [0, 0.1) is 0 Å². The Bertz CT molecular complexity index is 1350. The zero-order valence-corrected chi connectivity index (χ0v) is 20.9. The summed E-state index contributed by atoms with van der Waals surface area (Å²) in [6.45, 7) is 3.53. The Morgan fingerprint density at radius 2 is 1.57 bits per heavy atom. The second-order valence-corrected chi connectivity index (χ2v) is 8.54. The number of ether oxygens (including phenoxy) is 2. The van der Waals surface area contributed by atoms with Crippen molar-refractivity contribution in [3.05, 3.63) is 113 Å². The van der Waals surface area contributed by atoms with Gasteiger partial charge in [0.1, 0.15) is 5.75 Å². The van der Waals surface area contributed by atoms with Crippen molar-refractivity contribution < 1.29 is 23.9 Å². The average molecular weight is 497 g/mol. The molecule has 0 fully saturated rings. The first-order valence-electron chi connectivity index (χ1n) is 11.9. The molecule has 0 bridgehead atoms. The first-order valence-corrected chi connectivity index (χ1v) is 11.9. The summed E-state index contributed by atoms with van der Waals surface area (Å²) in [4.78, 5) is 39.9. The fourth-order valence-electron chi connectivity index (χ4n) is 4.24. The second-order valence-electron chi connectivity index (χ2n) is 8.54. The summed E-state index contributed by atoms with van der Waals surface area (Å²) in [5.74, 6) is -0.608. The number of rotatable bonds is 8. The van der Waals surface area contributed by atoms with E-state index in [1.807, 2.05) is 55.5 Å². The van der Waals surface area contributed by atoms with Gasteiger partial charge < -0.3 is 19.7 Å². The lowest BCUT2D eigenvalue weighted by Gasteiger charge is -2.26. The van der Waals surface area contributed by atoms with Crippen LogP contribution in [0.4, 0.5) is 5.69 Å². The van der Waals surface area contributed by atoms with Gasteiger partial charge in [0.15, 0.2) is 6.61 Å². The van der Waals surface area contributed by atoms with Gasteiger partial charge in [0.05, 0.1) is 24.3 Å². The number of hydrogen-bond acceptors (Lipinski definition) is 5. The predicted molar refractivity (Wildman–Crippen MR) is 141 cm³/mol. The minimum absolute atomic E-state index is 0.144. The normalized spacial score (nSPS) is 15.1. The van der Waals surface area contributed by atoms with Crippen molar-refractivity contribution >= 4 is 29.5 Å². The highest BCUT2D eigenvalue weighted by Crippen LogP contribution is 2.37. The molecule has 7 heteroatoms. The van der Waals surface area contributed by atoms with E-state index in [1.165, 1.54) is 7.11 Å². The summed E-state index contributed by atoms with van der Waals surface area (Å²) in [6.07, 6.45) is 1.67. The first kappa shape index (κ1) is 25.4. The third kappa shape index (κ3) is 5.78. The number of carbonyl (C=O) groups excluding carboxylic acids is 3. The van der Waals surface area contributed by atoms with Crippen LogP contribution in [0.2, 0.25) is 0 Å². The topological polar surface area (TPSA) is 84.9 Å². The van der Waals surface area contributed by atoms with Crippen molar-refractivity contribution in [3.8, 4) is 5.75 Å². The first-order chi connectivity index (χ1) is 17.9. The Labute approximate surface area is 216 Å². The van der Waals surface area contributed by atoms with Crippen LogP contribution in [0.25, 0.3) is 6.08 Å². The number of para-hydroxylation sites is 1. The third-order valence-corrected chi connectivity index (χ3v) is 6.12. The number of nitrogens with zero attached hydrogens (tertiary/aromatic N) is 1. The van der Waals surface area contributed by atoms with Crippen LogP contribution in [0.5, 0.6) is 5.75 Å². The molecule has 0 radical (unpaired) electrons. The third-order valence-electron chi connectivity index (χ3n) is 6.12. The van der Waals surface area contributed by atoms with Gasteiger partial charge in [-0.05, 0) is 55.3 Å². The van der Waals surface area contributed by atoms with Crippen molar-refractivity contribution in [1.82, 2.24) is 4.90 Å². The zero-order chi connectivity index (χ0) is 26.4. The number of carbonyl (C=O) groups is 3. The van der Waals surface area contributed by atoms with E-state index in [9.17, 15) is 14.4 Å². The van der Waals surface area contributed by atoms with Gasteiger partial charge in [-0.2, -0.15) is 0 Å². The minimum Gasteiger partial charge on any atom is -0.484 e. The average Bonchev–Trinajstić information content (AvgIpc) is 3.17. The molecule has 37 heavy (non-hydrogen) atoms. The monoisotopic (exact) mass is 496 g/mol. The summed E-state index contributed by atoms with van der Waals surface area (Å²) in [5, 5.41) is 2.76. The fraction of sp³-hybridized carbons (Fsp3) is 0.167. The van der Waals surface area contributed by atoms with E-state index < -0.39 is 5.97 Å². The fourth-order valence-corrected chi connectivity index (χ4v) is 4.24. The Balaban J connectivity index is 1.51. The highest BCUT2D eigenvalue weighted by Gasteiger charge is 2.39. The number of benzene rings is 3. The molecular formula is C30H28N2O5. The van der Waals surface area contributed by atoms with Crippen LogP contribution >= 0.6 is 0 Å². The molecule has 1 atom stereocenters. The minimum atomic E-state index is -0.566. The van der Waals surface area contributed by atoms with E-state index >= 15 is 0 Å². The molecule has 0 unspecified atom stereocenters. The molecule has 0 aliphatic carbocycles. The maximum atomic E-state index is 13.5. The van der Waals surface area contributed by atoms with Gasteiger partial charge in [-0.3, -0.25) is 9.59 Å². The number of hydrogen-bond donors (Lipinski definition) is 1. The van der Waals surface area contributed by atoms with E-state index in [0.29, 0.717) is 22.7 Å². The number of nitrogens with one attached hydrogen (secondary N) is 1. The number of anilines is 1. The molecule has 1 aliphatic rings. The van der Waals surface area contributed by atoms with Crippen LogP contribution < -0.4 is 10.1 Å². The summed E-state index contributed by atoms with van der Waals surface area (Å²) in [5.41, 5.74) is 3.41. The molecular weight excluding hydrogens is 468 g/mol. The van der Waals surface area contributed by atoms with E-state index in [4.69, 9.17) is 9.47 Å². The Kier molecular flexibility index (Phi) is 7.83. The largest absolute Gasteiger partial charge is 0.484 e. The molecule has 3 aromatic rings. The van der Waals surface area contributed by atoms with Crippen LogP contribution in [0.15, 0.2) is 102 Å². The van der Waals surface area contributed by atoms with Crippen molar-refractivity contribution in [1.29, 1.82) is 0 Å². The number of esters is 1. The van der Waals surface area contributed by atoms with Gasteiger partial charge in [-0.15, -0.1) is 0 Å². The Hall–Kier alpha value is -4.65. The zero-order valence-electron chi connectivity index (χ0n) is 20.9. The van der Waals surface area contributed by atoms with Crippen LogP contribution in [-0.2, 0) is 19.1 Å². The second kappa shape index (κ2) is 11.4. The van der Waals surface area contributed by atoms with Gasteiger partial charge in [-0.1, -0.05) is 60.7 Å². The van der Waals surface area contributed by atoms with Gasteiger partial charge in [-0.25, -0.2) is 4.79 Å². The number of amides is 2. The lowest BCUT2D eigenvalue weighted by molar-refractivity contribution is -0.136. The van der Waals surface area contributed by atoms with Gasteiger partial charge in [0, 0.05) is 11.4 Å². The smallest absolute Gasteiger partial charge is 0.340 e.